The van der Waals surface area contributed by atoms with Crippen molar-refractivity contribution in [2.45, 2.75) is 0 Å². The van der Waals surface area contributed by atoms with Gasteiger partial charge in [-0.15, -0.1) is 0 Å². The van der Waals surface area contributed by atoms with Crippen molar-refractivity contribution in [3.63, 3.8) is 0 Å². The number of nitrogens with zero attached hydrogens (tertiary/aromatic N) is 2. The van der Waals surface area contributed by atoms with E-state index in [1.807, 2.05) is 0 Å². The predicted molar refractivity (Wildman–Crippen MR) is 56.1 cm³/mol. The molecule has 1 heterocycles. The van der Waals surface area contributed by atoms with E-state index < -0.39 is 16.6 Å². The van der Waals surface area contributed by atoms with Crippen molar-refractivity contribution >= 4 is 32.5 Å². The van der Waals surface area contributed by atoms with E-state index in [-0.39, 0.29) is 4.47 Å². The van der Waals surface area contributed by atoms with Gasteiger partial charge < -0.3 is 0 Å². The molecule has 76 valence electrons. The van der Waals surface area contributed by atoms with Crippen LogP contribution in [0.3, 0.4) is 0 Å². The number of rotatable bonds is 1. The van der Waals surface area contributed by atoms with Crippen LogP contribution in [-0.2, 0) is 0 Å². The fraction of sp³-hybridized carbons (Fsp3) is 0. The summed E-state index contributed by atoms with van der Waals surface area (Å²) in [5.74, 6) is -1.08. The SMILES string of the molecule is O=[N+]([O-])c1c(F)nc2ccccc2c1Br. The van der Waals surface area contributed by atoms with Gasteiger partial charge in [0.15, 0.2) is 0 Å². The van der Waals surface area contributed by atoms with E-state index in [2.05, 4.69) is 20.9 Å². The summed E-state index contributed by atoms with van der Waals surface area (Å²) >= 11 is 3.01. The summed E-state index contributed by atoms with van der Waals surface area (Å²) in [6.07, 6.45) is 0. The Kier molecular flexibility index (Phi) is 2.36. The standard InChI is InChI=1S/C9H4BrFN2O2/c10-7-5-3-1-2-4-6(5)12-9(11)8(7)13(14)15/h1-4H. The Hall–Kier alpha value is -1.56. The fourth-order valence-electron chi connectivity index (χ4n) is 1.29. The van der Waals surface area contributed by atoms with Crippen molar-refractivity contribution in [1.82, 2.24) is 4.98 Å². The van der Waals surface area contributed by atoms with Gasteiger partial charge in [-0.1, -0.05) is 18.2 Å². The quantitative estimate of drug-likeness (QED) is 0.455. The molecule has 6 heteroatoms. The predicted octanol–water partition coefficient (Wildman–Crippen LogP) is 3.04. The Morgan fingerprint density at radius 2 is 2.07 bits per heavy atom. The van der Waals surface area contributed by atoms with Gasteiger partial charge in [0.05, 0.1) is 10.4 Å². The van der Waals surface area contributed by atoms with Crippen LogP contribution >= 0.6 is 15.9 Å². The van der Waals surface area contributed by atoms with Gasteiger partial charge in [0.25, 0.3) is 5.95 Å². The lowest BCUT2D eigenvalue weighted by Crippen LogP contribution is -1.97. The van der Waals surface area contributed by atoms with Gasteiger partial charge in [0.1, 0.15) is 4.47 Å². The van der Waals surface area contributed by atoms with Crippen LogP contribution in [0.5, 0.6) is 0 Å². The molecule has 0 saturated heterocycles. The van der Waals surface area contributed by atoms with Crippen LogP contribution in [0.4, 0.5) is 10.1 Å². The lowest BCUT2D eigenvalue weighted by molar-refractivity contribution is -0.388. The van der Waals surface area contributed by atoms with Crippen LogP contribution in [0.15, 0.2) is 28.7 Å². The minimum Gasteiger partial charge on any atom is -0.258 e. The van der Waals surface area contributed by atoms with Gasteiger partial charge in [-0.05, 0) is 22.0 Å². The molecule has 0 aliphatic heterocycles. The molecule has 0 aliphatic carbocycles. The van der Waals surface area contributed by atoms with Crippen molar-refractivity contribution in [2.75, 3.05) is 0 Å². The minimum atomic E-state index is -1.08. The number of hydrogen-bond acceptors (Lipinski definition) is 3. The second kappa shape index (κ2) is 3.54. The van der Waals surface area contributed by atoms with Crippen LogP contribution in [-0.4, -0.2) is 9.91 Å². The van der Waals surface area contributed by atoms with Crippen molar-refractivity contribution in [3.05, 3.63) is 44.8 Å². The smallest absolute Gasteiger partial charge is 0.258 e. The molecule has 1 aromatic carbocycles. The van der Waals surface area contributed by atoms with Gasteiger partial charge >= 0.3 is 5.69 Å². The second-order valence-electron chi connectivity index (χ2n) is 2.84. The van der Waals surface area contributed by atoms with Crippen LogP contribution in [0.25, 0.3) is 10.9 Å². The molecule has 4 nitrogen and oxygen atoms in total. The van der Waals surface area contributed by atoms with Crippen LogP contribution in [0.1, 0.15) is 0 Å². The Morgan fingerprint density at radius 3 is 2.73 bits per heavy atom. The number of halogens is 2. The van der Waals surface area contributed by atoms with Crippen molar-refractivity contribution < 1.29 is 9.31 Å². The third-order valence-electron chi connectivity index (χ3n) is 1.95. The maximum atomic E-state index is 13.2. The molecule has 1 aromatic heterocycles. The van der Waals surface area contributed by atoms with E-state index in [0.717, 1.165) is 0 Å². The summed E-state index contributed by atoms with van der Waals surface area (Å²) in [7, 11) is 0. The molecule has 0 bridgehead atoms. The topological polar surface area (TPSA) is 56.0 Å². The van der Waals surface area contributed by atoms with Crippen LogP contribution in [0.2, 0.25) is 0 Å². The number of aromatic nitrogens is 1. The summed E-state index contributed by atoms with van der Waals surface area (Å²) in [6.45, 7) is 0. The van der Waals surface area contributed by atoms with E-state index in [1.54, 1.807) is 24.3 Å². The third-order valence-corrected chi connectivity index (χ3v) is 2.75. The molecule has 2 aromatic rings. The van der Waals surface area contributed by atoms with Crippen molar-refractivity contribution in [2.24, 2.45) is 0 Å². The van der Waals surface area contributed by atoms with Crippen LogP contribution in [0, 0.1) is 16.1 Å². The molecule has 0 atom stereocenters. The zero-order valence-corrected chi connectivity index (χ0v) is 8.86. The molecular formula is C9H4BrFN2O2. The molecule has 0 radical (unpaired) electrons. The summed E-state index contributed by atoms with van der Waals surface area (Å²) in [4.78, 5) is 13.3. The highest BCUT2D eigenvalue weighted by Crippen LogP contribution is 2.33. The van der Waals surface area contributed by atoms with Gasteiger partial charge in [-0.3, -0.25) is 10.1 Å². The maximum Gasteiger partial charge on any atom is 0.338 e. The third kappa shape index (κ3) is 1.56. The van der Waals surface area contributed by atoms with Gasteiger partial charge in [-0.2, -0.15) is 4.39 Å². The average Bonchev–Trinajstić information content (AvgIpc) is 2.17. The number of nitro groups is 1. The molecule has 0 spiro atoms. The maximum absolute atomic E-state index is 13.2. The van der Waals surface area contributed by atoms with E-state index in [0.29, 0.717) is 10.9 Å². The first-order valence-corrected chi connectivity index (χ1v) is 4.78. The highest BCUT2D eigenvalue weighted by molar-refractivity contribution is 9.10. The summed E-state index contributed by atoms with van der Waals surface area (Å²) < 4.78 is 13.4. The summed E-state index contributed by atoms with van der Waals surface area (Å²) in [5.41, 5.74) is -0.249. The summed E-state index contributed by atoms with van der Waals surface area (Å²) in [5, 5.41) is 11.1. The Morgan fingerprint density at radius 1 is 1.40 bits per heavy atom. The zero-order valence-electron chi connectivity index (χ0n) is 7.28. The monoisotopic (exact) mass is 270 g/mol. The first kappa shape index (κ1) is 9.97. The molecule has 0 amide bonds. The molecule has 2 rings (SSSR count). The lowest BCUT2D eigenvalue weighted by atomic mass is 10.2. The molecule has 0 fully saturated rings. The Balaban J connectivity index is 2.90. The molecule has 0 N–H and O–H groups in total. The number of benzene rings is 1. The zero-order chi connectivity index (χ0) is 11.0. The number of hydrogen-bond donors (Lipinski definition) is 0. The molecule has 0 unspecified atom stereocenters. The molecule has 15 heavy (non-hydrogen) atoms. The Bertz CT molecular complexity index is 559. The number of pyridine rings is 1. The van der Waals surface area contributed by atoms with Crippen molar-refractivity contribution in [3.8, 4) is 0 Å². The summed E-state index contributed by atoms with van der Waals surface area (Å²) in [6, 6.07) is 6.62. The highest BCUT2D eigenvalue weighted by atomic mass is 79.9. The molecule has 0 saturated carbocycles. The lowest BCUT2D eigenvalue weighted by Gasteiger charge is -2.01. The first-order chi connectivity index (χ1) is 7.11. The van der Waals surface area contributed by atoms with E-state index in [9.17, 15) is 14.5 Å². The highest BCUT2D eigenvalue weighted by Gasteiger charge is 2.22. The van der Waals surface area contributed by atoms with Gasteiger partial charge in [0.2, 0.25) is 0 Å². The van der Waals surface area contributed by atoms with E-state index in [4.69, 9.17) is 0 Å². The minimum absolute atomic E-state index is 0.121. The second-order valence-corrected chi connectivity index (χ2v) is 3.63. The first-order valence-electron chi connectivity index (χ1n) is 3.99. The largest absolute Gasteiger partial charge is 0.338 e. The van der Waals surface area contributed by atoms with Crippen LogP contribution < -0.4 is 0 Å². The van der Waals surface area contributed by atoms with E-state index in [1.165, 1.54) is 0 Å². The number of fused-ring (bicyclic) bond motifs is 1. The average molecular weight is 271 g/mol. The Labute approximate surface area is 92.0 Å². The van der Waals surface area contributed by atoms with Gasteiger partial charge in [-0.25, -0.2) is 4.98 Å². The van der Waals surface area contributed by atoms with Gasteiger partial charge in [0, 0.05) is 5.39 Å². The number of para-hydroxylation sites is 1. The molecular weight excluding hydrogens is 267 g/mol. The normalized spacial score (nSPS) is 10.5. The van der Waals surface area contributed by atoms with E-state index >= 15 is 0 Å². The molecule has 0 aliphatic rings. The van der Waals surface area contributed by atoms with Crippen molar-refractivity contribution in [1.29, 1.82) is 0 Å². The fourth-order valence-corrected chi connectivity index (χ4v) is 1.93.